The minimum Gasteiger partial charge on any atom is -0.302 e. The Hall–Kier alpha value is -1.02. The highest BCUT2D eigenvalue weighted by molar-refractivity contribution is 6.32. The first-order valence-corrected chi connectivity index (χ1v) is 6.77. The summed E-state index contributed by atoms with van der Waals surface area (Å²) in [6.45, 7) is 2.11. The molecule has 2 heterocycles. The fourth-order valence-electron chi connectivity index (χ4n) is 2.83. The molecular weight excluding hydrogens is 232 g/mol. The minimum atomic E-state index is 0.588. The Morgan fingerprint density at radius 2 is 2.00 bits per heavy atom. The van der Waals surface area contributed by atoms with Gasteiger partial charge in [-0.2, -0.15) is 0 Å². The van der Waals surface area contributed by atoms with Gasteiger partial charge in [-0.1, -0.05) is 36.9 Å². The molecule has 0 atom stereocenters. The van der Waals surface area contributed by atoms with Crippen molar-refractivity contribution in [1.82, 2.24) is 9.38 Å². The third-order valence-corrected chi connectivity index (χ3v) is 4.02. The molecule has 0 bridgehead atoms. The predicted octanol–water partition coefficient (Wildman–Crippen LogP) is 4.34. The maximum absolute atomic E-state index is 6.22. The molecule has 1 fully saturated rings. The highest BCUT2D eigenvalue weighted by Crippen LogP contribution is 2.34. The summed E-state index contributed by atoms with van der Waals surface area (Å²) in [4.78, 5) is 4.58. The molecule has 0 spiro atoms. The number of imidazole rings is 1. The Labute approximate surface area is 107 Å². The first-order chi connectivity index (χ1) is 8.25. The third kappa shape index (κ3) is 1.95. The normalized spacial score (nSPS) is 17.8. The van der Waals surface area contributed by atoms with Crippen LogP contribution in [-0.2, 0) is 0 Å². The highest BCUT2D eigenvalue weighted by atomic mass is 35.5. The monoisotopic (exact) mass is 248 g/mol. The molecule has 0 radical (unpaired) electrons. The lowest BCUT2D eigenvalue weighted by molar-refractivity contribution is 0.428. The summed E-state index contributed by atoms with van der Waals surface area (Å²) < 4.78 is 2.19. The molecule has 0 saturated heterocycles. The second-order valence-corrected chi connectivity index (χ2v) is 5.42. The minimum absolute atomic E-state index is 0.588. The van der Waals surface area contributed by atoms with Crippen LogP contribution >= 0.6 is 11.6 Å². The summed E-state index contributed by atoms with van der Waals surface area (Å²) in [5.74, 6) is 1.75. The number of aryl methyl sites for hydroxylation is 1. The molecule has 0 amide bonds. The molecule has 90 valence electrons. The van der Waals surface area contributed by atoms with Gasteiger partial charge in [-0.15, -0.1) is 0 Å². The van der Waals surface area contributed by atoms with Crippen LogP contribution < -0.4 is 0 Å². The number of hydrogen-bond acceptors (Lipinski definition) is 1. The molecule has 2 aromatic heterocycles. The third-order valence-electron chi connectivity index (χ3n) is 3.74. The van der Waals surface area contributed by atoms with Crippen LogP contribution in [0.2, 0.25) is 5.15 Å². The van der Waals surface area contributed by atoms with Crippen molar-refractivity contribution in [2.24, 2.45) is 0 Å². The van der Waals surface area contributed by atoms with E-state index >= 15 is 0 Å². The van der Waals surface area contributed by atoms with Crippen molar-refractivity contribution in [2.75, 3.05) is 0 Å². The Kier molecular flexibility index (Phi) is 2.83. The van der Waals surface area contributed by atoms with E-state index in [0.717, 1.165) is 11.3 Å². The van der Waals surface area contributed by atoms with E-state index in [-0.39, 0.29) is 0 Å². The van der Waals surface area contributed by atoms with Gasteiger partial charge in [-0.05, 0) is 31.4 Å². The predicted molar refractivity (Wildman–Crippen MR) is 70.8 cm³/mol. The van der Waals surface area contributed by atoms with Gasteiger partial charge < -0.3 is 4.40 Å². The van der Waals surface area contributed by atoms with Crippen LogP contribution in [0.5, 0.6) is 0 Å². The lowest BCUT2D eigenvalue weighted by atomic mass is 9.89. The number of fused-ring (bicyclic) bond motifs is 1. The van der Waals surface area contributed by atoms with Gasteiger partial charge in [0.2, 0.25) is 0 Å². The summed E-state index contributed by atoms with van der Waals surface area (Å²) in [7, 11) is 0. The van der Waals surface area contributed by atoms with Crippen LogP contribution in [0.15, 0.2) is 18.3 Å². The van der Waals surface area contributed by atoms with E-state index in [1.165, 1.54) is 37.7 Å². The van der Waals surface area contributed by atoms with Gasteiger partial charge in [0, 0.05) is 12.1 Å². The molecule has 0 N–H and O–H groups in total. The van der Waals surface area contributed by atoms with E-state index in [4.69, 9.17) is 11.6 Å². The van der Waals surface area contributed by atoms with Crippen molar-refractivity contribution >= 4 is 17.1 Å². The van der Waals surface area contributed by atoms with Crippen molar-refractivity contribution in [3.05, 3.63) is 34.9 Å². The van der Waals surface area contributed by atoms with Gasteiger partial charge in [-0.25, -0.2) is 4.98 Å². The topological polar surface area (TPSA) is 17.3 Å². The summed E-state index contributed by atoms with van der Waals surface area (Å²) in [6, 6.07) is 4.16. The van der Waals surface area contributed by atoms with Crippen molar-refractivity contribution in [1.29, 1.82) is 0 Å². The Morgan fingerprint density at radius 3 is 2.76 bits per heavy atom. The van der Waals surface area contributed by atoms with Crippen LogP contribution in [0.25, 0.3) is 5.52 Å². The lowest BCUT2D eigenvalue weighted by Gasteiger charge is -2.20. The smallest absolute Gasteiger partial charge is 0.155 e. The zero-order chi connectivity index (χ0) is 11.8. The van der Waals surface area contributed by atoms with E-state index < -0.39 is 0 Å². The molecule has 0 unspecified atom stereocenters. The van der Waals surface area contributed by atoms with Crippen LogP contribution in [0.1, 0.15) is 49.4 Å². The molecule has 1 saturated carbocycles. The molecule has 2 aromatic rings. The average Bonchev–Trinajstić information content (AvgIpc) is 2.67. The van der Waals surface area contributed by atoms with Crippen molar-refractivity contribution in [2.45, 2.75) is 44.9 Å². The molecule has 3 heteroatoms. The van der Waals surface area contributed by atoms with Crippen LogP contribution in [0.3, 0.4) is 0 Å². The molecule has 2 nitrogen and oxygen atoms in total. The number of hydrogen-bond donors (Lipinski definition) is 0. The van der Waals surface area contributed by atoms with E-state index in [0.29, 0.717) is 11.1 Å². The summed E-state index contributed by atoms with van der Waals surface area (Å²) in [5.41, 5.74) is 2.29. The molecule has 0 aromatic carbocycles. The number of nitrogens with zero attached hydrogens (tertiary/aromatic N) is 2. The molecule has 1 aliphatic carbocycles. The van der Waals surface area contributed by atoms with E-state index in [1.54, 1.807) is 0 Å². The number of aromatic nitrogens is 2. The first kappa shape index (κ1) is 11.1. The van der Waals surface area contributed by atoms with Gasteiger partial charge in [0.1, 0.15) is 5.82 Å². The molecule has 0 aliphatic heterocycles. The average molecular weight is 249 g/mol. The highest BCUT2D eigenvalue weighted by Gasteiger charge is 2.21. The maximum Gasteiger partial charge on any atom is 0.155 e. The number of pyridine rings is 1. The second-order valence-electron chi connectivity index (χ2n) is 5.06. The van der Waals surface area contributed by atoms with Crippen molar-refractivity contribution < 1.29 is 0 Å². The summed E-state index contributed by atoms with van der Waals surface area (Å²) >= 11 is 6.22. The van der Waals surface area contributed by atoms with E-state index in [2.05, 4.69) is 34.6 Å². The largest absolute Gasteiger partial charge is 0.302 e. The van der Waals surface area contributed by atoms with Crippen LogP contribution in [0.4, 0.5) is 0 Å². The lowest BCUT2D eigenvalue weighted by Crippen LogP contribution is -2.08. The quantitative estimate of drug-likeness (QED) is 0.734. The van der Waals surface area contributed by atoms with Gasteiger partial charge in [0.25, 0.3) is 0 Å². The fraction of sp³-hybridized carbons (Fsp3) is 0.500. The van der Waals surface area contributed by atoms with Crippen molar-refractivity contribution in [3.63, 3.8) is 0 Å². The SMILES string of the molecule is Cc1ccc2c(Cl)nc(C3CCCCC3)n2c1. The first-order valence-electron chi connectivity index (χ1n) is 6.40. The van der Waals surface area contributed by atoms with Crippen LogP contribution in [0, 0.1) is 6.92 Å². The molecular formula is C14H17ClN2. The Morgan fingerprint density at radius 1 is 1.24 bits per heavy atom. The van der Waals surface area contributed by atoms with Gasteiger partial charge in [-0.3, -0.25) is 0 Å². The van der Waals surface area contributed by atoms with Gasteiger partial charge in [0.15, 0.2) is 5.15 Å². The van der Waals surface area contributed by atoms with Crippen molar-refractivity contribution in [3.8, 4) is 0 Å². The molecule has 1 aliphatic rings. The molecule has 17 heavy (non-hydrogen) atoms. The standard InChI is InChI=1S/C14H17ClN2/c1-10-7-8-12-13(15)16-14(17(12)9-10)11-5-3-2-4-6-11/h7-9,11H,2-6H2,1H3. The Balaban J connectivity index is 2.11. The van der Waals surface area contributed by atoms with Gasteiger partial charge >= 0.3 is 0 Å². The zero-order valence-corrected chi connectivity index (χ0v) is 10.9. The Bertz CT molecular complexity index is 538. The van der Waals surface area contributed by atoms with E-state index in [9.17, 15) is 0 Å². The van der Waals surface area contributed by atoms with Crippen LogP contribution in [-0.4, -0.2) is 9.38 Å². The van der Waals surface area contributed by atoms with Gasteiger partial charge in [0.05, 0.1) is 5.52 Å². The summed E-state index contributed by atoms with van der Waals surface area (Å²) in [5, 5.41) is 0.644. The number of halogens is 1. The summed E-state index contributed by atoms with van der Waals surface area (Å²) in [6.07, 6.45) is 8.67. The maximum atomic E-state index is 6.22. The number of rotatable bonds is 1. The fourth-order valence-corrected chi connectivity index (χ4v) is 3.07. The van der Waals surface area contributed by atoms with E-state index in [1.807, 2.05) is 0 Å². The zero-order valence-electron chi connectivity index (χ0n) is 10.1. The molecule has 3 rings (SSSR count). The second kappa shape index (κ2) is 4.34.